The molecule has 5 N–H and O–H groups in total. The molecule has 0 aliphatic heterocycles. The Kier molecular flexibility index (Phi) is 31.2. The molecule has 0 spiro atoms. The number of unbranched alkanes of at least 4 members (excludes halogenated alkanes) is 19. The van der Waals surface area contributed by atoms with Crippen LogP contribution < -0.4 is 11.1 Å². The number of nitrogens with one attached hydrogen (secondary N) is 1. The first-order chi connectivity index (χ1) is 21.4. The molecule has 0 aromatic heterocycles. The monoisotopic (exact) mass is 644 g/mol. The average molecular weight is 645 g/mol. The van der Waals surface area contributed by atoms with E-state index in [2.05, 4.69) is 31.3 Å². The molecule has 44 heavy (non-hydrogen) atoms. The lowest BCUT2D eigenvalue weighted by Crippen LogP contribution is -2.45. The normalized spacial score (nSPS) is 14.8. The van der Waals surface area contributed by atoms with E-state index in [4.69, 9.17) is 14.8 Å². The summed E-state index contributed by atoms with van der Waals surface area (Å²) in [6.07, 6.45) is 33.8. The first-order valence-corrected chi connectivity index (χ1v) is 19.5. The van der Waals surface area contributed by atoms with Gasteiger partial charge in [0.1, 0.15) is 0 Å². The van der Waals surface area contributed by atoms with E-state index in [1.807, 2.05) is 6.08 Å². The number of aliphatic hydroxyl groups excluding tert-OH is 1. The van der Waals surface area contributed by atoms with Crippen LogP contribution in [0.15, 0.2) is 24.3 Å². The summed E-state index contributed by atoms with van der Waals surface area (Å²) in [4.78, 5) is 22.5. The summed E-state index contributed by atoms with van der Waals surface area (Å²) in [5.41, 5.74) is 5.33. The van der Waals surface area contributed by atoms with Gasteiger partial charge < -0.3 is 21.1 Å². The number of hydrogen-bond acceptors (Lipinski definition) is 6. The minimum Gasteiger partial charge on any atom is -0.387 e. The summed E-state index contributed by atoms with van der Waals surface area (Å²) >= 11 is 0. The quantitative estimate of drug-likeness (QED) is 0.0318. The van der Waals surface area contributed by atoms with Crippen molar-refractivity contribution in [2.24, 2.45) is 5.73 Å². The van der Waals surface area contributed by atoms with Crippen molar-refractivity contribution in [2.75, 3.05) is 19.8 Å². The molecule has 0 radical (unpaired) electrons. The number of carbonyl (C=O) groups excluding carboxylic acids is 1. The molecule has 0 saturated carbocycles. The lowest BCUT2D eigenvalue weighted by Gasteiger charge is -2.23. The maximum atomic E-state index is 12.6. The predicted molar refractivity (Wildman–Crippen MR) is 185 cm³/mol. The number of nitrogens with two attached hydrogens (primary N) is 1. The van der Waals surface area contributed by atoms with E-state index in [0.717, 1.165) is 38.5 Å². The minimum absolute atomic E-state index is 0.0751. The summed E-state index contributed by atoms with van der Waals surface area (Å²) in [5, 5.41) is 13.5. The Hall–Kier alpha value is -1.02. The molecule has 0 aliphatic carbocycles. The van der Waals surface area contributed by atoms with Gasteiger partial charge >= 0.3 is 7.82 Å². The summed E-state index contributed by atoms with van der Waals surface area (Å²) in [5.74, 6) is -0.207. The Balaban J connectivity index is 4.21. The Labute approximate surface area is 270 Å². The molecule has 0 aromatic carbocycles. The van der Waals surface area contributed by atoms with Gasteiger partial charge in [-0.15, -0.1) is 0 Å². The summed E-state index contributed by atoms with van der Waals surface area (Å²) in [6.45, 7) is 4.03. The smallest absolute Gasteiger partial charge is 0.387 e. The molecule has 3 atom stereocenters. The Morgan fingerprint density at radius 2 is 1.20 bits per heavy atom. The molecule has 260 valence electrons. The average Bonchev–Trinajstić information content (AvgIpc) is 3.01. The van der Waals surface area contributed by atoms with Crippen molar-refractivity contribution in [2.45, 2.75) is 174 Å². The van der Waals surface area contributed by atoms with Gasteiger partial charge in [0.25, 0.3) is 0 Å². The van der Waals surface area contributed by atoms with Crippen LogP contribution >= 0.6 is 7.82 Å². The van der Waals surface area contributed by atoms with E-state index in [1.54, 1.807) is 6.08 Å². The Morgan fingerprint density at radius 1 is 0.727 bits per heavy atom. The van der Waals surface area contributed by atoms with Crippen molar-refractivity contribution >= 4 is 13.7 Å². The molecular weight excluding hydrogens is 575 g/mol. The molecule has 0 rings (SSSR count). The number of hydrogen-bond donors (Lipinski definition) is 4. The van der Waals surface area contributed by atoms with Crippen LogP contribution in [0.25, 0.3) is 0 Å². The number of rotatable bonds is 33. The van der Waals surface area contributed by atoms with Gasteiger partial charge in [-0.2, -0.15) is 0 Å². The second-order valence-corrected chi connectivity index (χ2v) is 13.5. The van der Waals surface area contributed by atoms with Crippen LogP contribution in [0.1, 0.15) is 162 Å². The van der Waals surface area contributed by atoms with E-state index >= 15 is 0 Å². The number of phosphoric acid groups is 1. The molecule has 1 amide bonds. The van der Waals surface area contributed by atoms with E-state index in [0.29, 0.717) is 6.42 Å². The first-order valence-electron chi connectivity index (χ1n) is 18.0. The first kappa shape index (κ1) is 43.0. The van der Waals surface area contributed by atoms with Crippen LogP contribution in [0.2, 0.25) is 0 Å². The van der Waals surface area contributed by atoms with E-state index in [1.165, 1.54) is 103 Å². The molecule has 9 heteroatoms. The maximum Gasteiger partial charge on any atom is 0.472 e. The molecule has 0 aliphatic rings. The van der Waals surface area contributed by atoms with Crippen molar-refractivity contribution in [1.82, 2.24) is 5.32 Å². The van der Waals surface area contributed by atoms with Crippen molar-refractivity contribution in [3.63, 3.8) is 0 Å². The van der Waals surface area contributed by atoms with Crippen LogP contribution in [0, 0.1) is 0 Å². The molecule has 0 heterocycles. The number of amides is 1. The van der Waals surface area contributed by atoms with Gasteiger partial charge in [-0.1, -0.05) is 154 Å². The standard InChI is InChI=1S/C35H69N2O6P/c1-3-5-7-9-11-13-14-15-16-17-18-19-20-21-23-25-27-29-35(39)37-33(32-43-44(40,41)42-31-30-36)34(38)28-26-24-22-12-10-8-6-4-2/h10,12,26,28,33-34,38H,3-9,11,13-25,27,29-32,36H2,1-2H3,(H,37,39)(H,40,41)/b12-10+,28-26+. The van der Waals surface area contributed by atoms with Gasteiger partial charge in [0.15, 0.2) is 0 Å². The summed E-state index contributed by atoms with van der Waals surface area (Å²) in [6, 6.07) is -0.869. The molecule has 0 aromatic rings. The zero-order chi connectivity index (χ0) is 32.6. The third kappa shape index (κ3) is 29.7. The van der Waals surface area contributed by atoms with Crippen LogP contribution in [0.4, 0.5) is 0 Å². The molecule has 3 unspecified atom stereocenters. The maximum absolute atomic E-state index is 12.6. The highest BCUT2D eigenvalue weighted by atomic mass is 31.2. The zero-order valence-electron chi connectivity index (χ0n) is 28.4. The second kappa shape index (κ2) is 31.9. The van der Waals surface area contributed by atoms with Gasteiger partial charge in [0.05, 0.1) is 25.4 Å². The highest BCUT2D eigenvalue weighted by Crippen LogP contribution is 2.43. The largest absolute Gasteiger partial charge is 0.472 e. The fraction of sp³-hybridized carbons (Fsp3) is 0.857. The van der Waals surface area contributed by atoms with Crippen LogP contribution in [0.5, 0.6) is 0 Å². The lowest BCUT2D eigenvalue weighted by molar-refractivity contribution is -0.123. The van der Waals surface area contributed by atoms with Crippen molar-refractivity contribution in [1.29, 1.82) is 0 Å². The third-order valence-electron chi connectivity index (χ3n) is 7.78. The van der Waals surface area contributed by atoms with E-state index in [-0.39, 0.29) is 25.7 Å². The van der Waals surface area contributed by atoms with Crippen LogP contribution in [-0.2, 0) is 18.4 Å². The number of carbonyl (C=O) groups is 1. The van der Waals surface area contributed by atoms with Crippen molar-refractivity contribution in [3.05, 3.63) is 24.3 Å². The molecule has 0 fully saturated rings. The minimum atomic E-state index is -4.33. The summed E-state index contributed by atoms with van der Waals surface area (Å²) in [7, 11) is -4.33. The van der Waals surface area contributed by atoms with Crippen molar-refractivity contribution in [3.8, 4) is 0 Å². The molecule has 0 saturated heterocycles. The molecule has 8 nitrogen and oxygen atoms in total. The van der Waals surface area contributed by atoms with Gasteiger partial charge in [-0.25, -0.2) is 4.57 Å². The van der Waals surface area contributed by atoms with Gasteiger partial charge in [0, 0.05) is 13.0 Å². The fourth-order valence-electron chi connectivity index (χ4n) is 5.01. The molecular formula is C35H69N2O6P. The van der Waals surface area contributed by atoms with Crippen LogP contribution in [0.3, 0.4) is 0 Å². The number of phosphoric ester groups is 1. The number of aliphatic hydroxyl groups is 1. The third-order valence-corrected chi connectivity index (χ3v) is 8.76. The Morgan fingerprint density at radius 3 is 1.73 bits per heavy atom. The number of allylic oxidation sites excluding steroid dienone is 3. The van der Waals surface area contributed by atoms with E-state index in [9.17, 15) is 19.4 Å². The zero-order valence-corrected chi connectivity index (χ0v) is 29.3. The fourth-order valence-corrected chi connectivity index (χ4v) is 5.77. The summed E-state index contributed by atoms with van der Waals surface area (Å²) < 4.78 is 21.9. The van der Waals surface area contributed by atoms with Gasteiger partial charge in [-0.05, 0) is 25.7 Å². The molecule has 0 bridgehead atoms. The van der Waals surface area contributed by atoms with Gasteiger partial charge in [-0.3, -0.25) is 13.8 Å². The van der Waals surface area contributed by atoms with Gasteiger partial charge in [0.2, 0.25) is 5.91 Å². The predicted octanol–water partition coefficient (Wildman–Crippen LogP) is 9.05. The SMILES string of the molecule is CCCC/C=C/CC/C=C/C(O)C(COP(=O)(O)OCCN)NC(=O)CCCCCCCCCCCCCCCCCCC. The topological polar surface area (TPSA) is 131 Å². The highest BCUT2D eigenvalue weighted by molar-refractivity contribution is 7.47. The highest BCUT2D eigenvalue weighted by Gasteiger charge is 2.26. The van der Waals surface area contributed by atoms with Crippen LogP contribution in [-0.4, -0.2) is 47.8 Å². The Bertz CT molecular complexity index is 749. The van der Waals surface area contributed by atoms with Crippen molar-refractivity contribution < 1.29 is 28.4 Å². The second-order valence-electron chi connectivity index (χ2n) is 12.1. The lowest BCUT2D eigenvalue weighted by atomic mass is 10.0. The van der Waals surface area contributed by atoms with E-state index < -0.39 is 20.0 Å².